The standard InChI is InChI=1S/C15H31N3/c1-3-16-15-7-11-18(12-8-15)13-14-5-9-17(4-2)10-6-14/h14-16H,3-13H2,1-2H3. The molecule has 18 heavy (non-hydrogen) atoms. The zero-order chi connectivity index (χ0) is 12.8. The predicted octanol–water partition coefficient (Wildman–Crippen LogP) is 1.79. The van der Waals surface area contributed by atoms with Crippen molar-refractivity contribution in [3.05, 3.63) is 0 Å². The minimum absolute atomic E-state index is 0.785. The van der Waals surface area contributed by atoms with E-state index in [2.05, 4.69) is 29.0 Å². The van der Waals surface area contributed by atoms with Gasteiger partial charge in [-0.3, -0.25) is 0 Å². The van der Waals surface area contributed by atoms with Gasteiger partial charge >= 0.3 is 0 Å². The fourth-order valence-corrected chi connectivity index (χ4v) is 3.46. The van der Waals surface area contributed by atoms with E-state index in [-0.39, 0.29) is 0 Å². The SMILES string of the molecule is CCNC1CCN(CC2CCN(CC)CC2)CC1. The van der Waals surface area contributed by atoms with Gasteiger partial charge in [0.2, 0.25) is 0 Å². The average Bonchev–Trinajstić information content (AvgIpc) is 2.42. The van der Waals surface area contributed by atoms with E-state index in [0.29, 0.717) is 0 Å². The van der Waals surface area contributed by atoms with Gasteiger partial charge in [-0.2, -0.15) is 0 Å². The predicted molar refractivity (Wildman–Crippen MR) is 78.0 cm³/mol. The van der Waals surface area contributed by atoms with Gasteiger partial charge in [0.1, 0.15) is 0 Å². The average molecular weight is 253 g/mol. The molecule has 2 heterocycles. The lowest BCUT2D eigenvalue weighted by atomic mass is 9.95. The minimum atomic E-state index is 0.785. The molecule has 3 heteroatoms. The third-order valence-corrected chi connectivity index (χ3v) is 4.75. The third-order valence-electron chi connectivity index (χ3n) is 4.75. The summed E-state index contributed by atoms with van der Waals surface area (Å²) in [6.45, 7) is 13.5. The Morgan fingerprint density at radius 3 is 2.06 bits per heavy atom. The van der Waals surface area contributed by atoms with Gasteiger partial charge in [0.05, 0.1) is 0 Å². The molecule has 0 unspecified atom stereocenters. The smallest absolute Gasteiger partial charge is 0.00912 e. The lowest BCUT2D eigenvalue weighted by molar-refractivity contribution is 0.126. The highest BCUT2D eigenvalue weighted by atomic mass is 15.2. The number of nitrogens with one attached hydrogen (secondary N) is 1. The molecule has 0 bridgehead atoms. The first-order valence-electron chi connectivity index (χ1n) is 8.00. The number of hydrogen-bond donors (Lipinski definition) is 1. The molecule has 0 aromatic carbocycles. The van der Waals surface area contributed by atoms with Crippen LogP contribution in [0.25, 0.3) is 0 Å². The Morgan fingerprint density at radius 1 is 0.889 bits per heavy atom. The Labute approximate surface area is 113 Å². The Kier molecular flexibility index (Phi) is 5.93. The molecular weight excluding hydrogens is 222 g/mol. The molecule has 0 aromatic heterocycles. The summed E-state index contributed by atoms with van der Waals surface area (Å²) in [6, 6.07) is 0.785. The van der Waals surface area contributed by atoms with Gasteiger partial charge < -0.3 is 15.1 Å². The van der Waals surface area contributed by atoms with Crippen LogP contribution in [0.1, 0.15) is 39.5 Å². The second-order valence-corrected chi connectivity index (χ2v) is 6.01. The van der Waals surface area contributed by atoms with Crippen LogP contribution in [0.3, 0.4) is 0 Å². The summed E-state index contributed by atoms with van der Waals surface area (Å²) in [4.78, 5) is 5.30. The molecule has 0 amide bonds. The minimum Gasteiger partial charge on any atom is -0.314 e. The first-order chi connectivity index (χ1) is 8.81. The summed E-state index contributed by atoms with van der Waals surface area (Å²) in [5, 5.41) is 3.59. The van der Waals surface area contributed by atoms with Crippen molar-refractivity contribution in [2.45, 2.75) is 45.6 Å². The van der Waals surface area contributed by atoms with Crippen LogP contribution in [-0.2, 0) is 0 Å². The molecule has 1 N–H and O–H groups in total. The molecule has 3 nitrogen and oxygen atoms in total. The molecule has 0 radical (unpaired) electrons. The number of likely N-dealkylation sites (tertiary alicyclic amines) is 2. The maximum absolute atomic E-state index is 3.59. The van der Waals surface area contributed by atoms with Crippen molar-refractivity contribution in [1.82, 2.24) is 15.1 Å². The molecule has 106 valence electrons. The fourth-order valence-electron chi connectivity index (χ4n) is 3.46. The zero-order valence-corrected chi connectivity index (χ0v) is 12.3. The molecule has 2 rings (SSSR count). The molecule has 2 aliphatic rings. The zero-order valence-electron chi connectivity index (χ0n) is 12.3. The summed E-state index contributed by atoms with van der Waals surface area (Å²) < 4.78 is 0. The van der Waals surface area contributed by atoms with E-state index < -0.39 is 0 Å². The summed E-state index contributed by atoms with van der Waals surface area (Å²) in [5.41, 5.74) is 0. The van der Waals surface area contributed by atoms with E-state index in [1.807, 2.05) is 0 Å². The molecule has 0 atom stereocenters. The summed E-state index contributed by atoms with van der Waals surface area (Å²) in [7, 11) is 0. The lowest BCUT2D eigenvalue weighted by Crippen LogP contribution is -2.45. The first-order valence-corrected chi connectivity index (χ1v) is 8.00. The highest BCUT2D eigenvalue weighted by molar-refractivity contribution is 4.80. The molecular formula is C15H31N3. The van der Waals surface area contributed by atoms with E-state index in [1.54, 1.807) is 0 Å². The van der Waals surface area contributed by atoms with E-state index in [4.69, 9.17) is 0 Å². The molecule has 0 saturated carbocycles. The highest BCUT2D eigenvalue weighted by Crippen LogP contribution is 2.20. The summed E-state index contributed by atoms with van der Waals surface area (Å²) in [5.74, 6) is 0.962. The molecule has 2 saturated heterocycles. The Morgan fingerprint density at radius 2 is 1.50 bits per heavy atom. The first kappa shape index (κ1) is 14.3. The second kappa shape index (κ2) is 7.46. The largest absolute Gasteiger partial charge is 0.314 e. The van der Waals surface area contributed by atoms with Crippen molar-refractivity contribution in [2.24, 2.45) is 5.92 Å². The summed E-state index contributed by atoms with van der Waals surface area (Å²) >= 11 is 0. The Bertz CT molecular complexity index is 216. The van der Waals surface area contributed by atoms with Crippen LogP contribution in [0.5, 0.6) is 0 Å². The topological polar surface area (TPSA) is 18.5 Å². The fraction of sp³-hybridized carbons (Fsp3) is 1.00. The van der Waals surface area contributed by atoms with Crippen LogP contribution < -0.4 is 5.32 Å². The molecule has 0 aliphatic carbocycles. The third kappa shape index (κ3) is 4.22. The van der Waals surface area contributed by atoms with Gasteiger partial charge in [0, 0.05) is 12.6 Å². The summed E-state index contributed by atoms with van der Waals surface area (Å²) in [6.07, 6.45) is 5.53. The number of hydrogen-bond acceptors (Lipinski definition) is 3. The quantitative estimate of drug-likeness (QED) is 0.806. The van der Waals surface area contributed by atoms with Crippen LogP contribution in [0.4, 0.5) is 0 Å². The lowest BCUT2D eigenvalue weighted by Gasteiger charge is -2.37. The molecule has 2 fully saturated rings. The maximum Gasteiger partial charge on any atom is 0.00912 e. The van der Waals surface area contributed by atoms with Crippen molar-refractivity contribution < 1.29 is 0 Å². The maximum atomic E-state index is 3.59. The molecule has 0 aromatic rings. The Balaban J connectivity index is 1.63. The number of nitrogens with zero attached hydrogens (tertiary/aromatic N) is 2. The van der Waals surface area contributed by atoms with Crippen molar-refractivity contribution in [1.29, 1.82) is 0 Å². The van der Waals surface area contributed by atoms with Crippen LogP contribution in [0.2, 0.25) is 0 Å². The van der Waals surface area contributed by atoms with Gasteiger partial charge in [0.25, 0.3) is 0 Å². The highest BCUT2D eigenvalue weighted by Gasteiger charge is 2.23. The van der Waals surface area contributed by atoms with Gasteiger partial charge in [-0.1, -0.05) is 13.8 Å². The van der Waals surface area contributed by atoms with E-state index in [0.717, 1.165) is 18.5 Å². The van der Waals surface area contributed by atoms with Gasteiger partial charge in [0.15, 0.2) is 0 Å². The van der Waals surface area contributed by atoms with E-state index in [1.165, 1.54) is 65.0 Å². The molecule has 2 aliphatic heterocycles. The van der Waals surface area contributed by atoms with Crippen molar-refractivity contribution in [3.8, 4) is 0 Å². The van der Waals surface area contributed by atoms with Crippen LogP contribution >= 0.6 is 0 Å². The second-order valence-electron chi connectivity index (χ2n) is 6.01. The number of piperidine rings is 2. The van der Waals surface area contributed by atoms with Crippen molar-refractivity contribution in [2.75, 3.05) is 45.8 Å². The van der Waals surface area contributed by atoms with Crippen LogP contribution in [-0.4, -0.2) is 61.7 Å². The van der Waals surface area contributed by atoms with E-state index >= 15 is 0 Å². The normalized spacial score (nSPS) is 25.7. The van der Waals surface area contributed by atoms with Crippen LogP contribution in [0, 0.1) is 5.92 Å². The van der Waals surface area contributed by atoms with Crippen LogP contribution in [0.15, 0.2) is 0 Å². The Hall–Kier alpha value is -0.120. The molecule has 0 spiro atoms. The van der Waals surface area contributed by atoms with Crippen molar-refractivity contribution in [3.63, 3.8) is 0 Å². The van der Waals surface area contributed by atoms with Crippen molar-refractivity contribution >= 4 is 0 Å². The van der Waals surface area contributed by atoms with Gasteiger partial charge in [-0.05, 0) is 70.9 Å². The van der Waals surface area contributed by atoms with Gasteiger partial charge in [-0.15, -0.1) is 0 Å². The number of rotatable bonds is 5. The van der Waals surface area contributed by atoms with Gasteiger partial charge in [-0.25, -0.2) is 0 Å². The van der Waals surface area contributed by atoms with E-state index in [9.17, 15) is 0 Å². The monoisotopic (exact) mass is 253 g/mol.